The summed E-state index contributed by atoms with van der Waals surface area (Å²) < 4.78 is 0. The van der Waals surface area contributed by atoms with Crippen molar-refractivity contribution in [3.05, 3.63) is 15.6 Å². The smallest absolute Gasteiger partial charge is 0.266 e. The Morgan fingerprint density at radius 2 is 2.00 bits per heavy atom. The van der Waals surface area contributed by atoms with Gasteiger partial charge in [0.05, 0.1) is 5.01 Å². The van der Waals surface area contributed by atoms with Crippen LogP contribution in [0.5, 0.6) is 0 Å². The highest BCUT2D eigenvalue weighted by Crippen LogP contribution is 2.20. The predicted octanol–water partition coefficient (Wildman–Crippen LogP) is 0.700. The van der Waals surface area contributed by atoms with Crippen LogP contribution in [0, 0.1) is 6.92 Å². The lowest BCUT2D eigenvalue weighted by Gasteiger charge is -2.27. The van der Waals surface area contributed by atoms with Crippen LogP contribution in [0.2, 0.25) is 0 Å². The second kappa shape index (κ2) is 4.93. The molecule has 0 aromatic carbocycles. The minimum Gasteiger partial charge on any atom is -0.335 e. The highest BCUT2D eigenvalue weighted by Gasteiger charge is 2.25. The lowest BCUT2D eigenvalue weighted by molar-refractivity contribution is 0.0736. The highest BCUT2D eigenvalue weighted by molar-refractivity contribution is 7.14. The Kier molecular flexibility index (Phi) is 3.54. The topological polar surface area (TPSA) is 62.3 Å². The molecule has 1 amide bonds. The van der Waals surface area contributed by atoms with E-state index in [9.17, 15) is 9.59 Å². The maximum atomic E-state index is 12.3. The third-order valence-electron chi connectivity index (χ3n) is 2.67. The van der Waals surface area contributed by atoms with Gasteiger partial charge >= 0.3 is 0 Å². The van der Waals surface area contributed by atoms with Crippen molar-refractivity contribution in [2.45, 2.75) is 13.8 Å². The van der Waals surface area contributed by atoms with Gasteiger partial charge in [0.1, 0.15) is 10.6 Å². The number of amides is 1. The van der Waals surface area contributed by atoms with Gasteiger partial charge in [0, 0.05) is 33.1 Å². The van der Waals surface area contributed by atoms with Gasteiger partial charge in [-0.25, -0.2) is 4.98 Å². The summed E-state index contributed by atoms with van der Waals surface area (Å²) >= 11 is 1.30. The van der Waals surface area contributed by atoms with Crippen molar-refractivity contribution < 1.29 is 9.59 Å². The van der Waals surface area contributed by atoms with Gasteiger partial charge in [0.15, 0.2) is 5.78 Å². The number of aromatic nitrogens is 1. The van der Waals surface area contributed by atoms with Crippen molar-refractivity contribution in [3.8, 4) is 0 Å². The summed E-state index contributed by atoms with van der Waals surface area (Å²) in [5.41, 5.74) is 0.316. The lowest BCUT2D eigenvalue weighted by atomic mass is 10.2. The van der Waals surface area contributed by atoms with Crippen LogP contribution in [-0.4, -0.2) is 47.8 Å². The zero-order chi connectivity index (χ0) is 12.4. The number of nitrogens with zero attached hydrogens (tertiary/aromatic N) is 2. The van der Waals surface area contributed by atoms with E-state index in [2.05, 4.69) is 10.3 Å². The Morgan fingerprint density at radius 1 is 1.35 bits per heavy atom. The Labute approximate surface area is 104 Å². The van der Waals surface area contributed by atoms with E-state index in [4.69, 9.17) is 0 Å². The Balaban J connectivity index is 2.26. The fraction of sp³-hybridized carbons (Fsp3) is 0.545. The average molecular weight is 253 g/mol. The molecule has 1 aliphatic rings. The lowest BCUT2D eigenvalue weighted by Crippen LogP contribution is -2.46. The van der Waals surface area contributed by atoms with Gasteiger partial charge in [0.2, 0.25) is 0 Å². The molecule has 1 saturated heterocycles. The predicted molar refractivity (Wildman–Crippen MR) is 65.6 cm³/mol. The van der Waals surface area contributed by atoms with Crippen molar-refractivity contribution in [2.75, 3.05) is 26.2 Å². The van der Waals surface area contributed by atoms with Crippen LogP contribution in [0.15, 0.2) is 0 Å². The van der Waals surface area contributed by atoms with E-state index in [1.807, 2.05) is 6.92 Å². The summed E-state index contributed by atoms with van der Waals surface area (Å²) in [6.07, 6.45) is 0. The van der Waals surface area contributed by atoms with Crippen LogP contribution in [-0.2, 0) is 0 Å². The molecule has 92 valence electrons. The average Bonchev–Trinajstić information content (AvgIpc) is 2.72. The molecule has 1 aliphatic heterocycles. The quantitative estimate of drug-likeness (QED) is 0.788. The molecular weight excluding hydrogens is 238 g/mol. The molecule has 0 atom stereocenters. The van der Waals surface area contributed by atoms with Crippen LogP contribution in [0.4, 0.5) is 0 Å². The number of hydrogen-bond donors (Lipinski definition) is 1. The normalized spacial score (nSPS) is 16.0. The van der Waals surface area contributed by atoms with E-state index < -0.39 is 0 Å². The SMILES string of the molecule is CC(=O)c1nc(C)sc1C(=O)N1CCNCC1. The number of aryl methyl sites for hydroxylation is 1. The van der Waals surface area contributed by atoms with Gasteiger partial charge in [-0.05, 0) is 6.92 Å². The van der Waals surface area contributed by atoms with Gasteiger partial charge in [-0.2, -0.15) is 0 Å². The summed E-state index contributed by atoms with van der Waals surface area (Å²) in [5, 5.41) is 3.95. The minimum atomic E-state index is -0.146. The summed E-state index contributed by atoms with van der Waals surface area (Å²) in [6, 6.07) is 0. The zero-order valence-corrected chi connectivity index (χ0v) is 10.8. The summed E-state index contributed by atoms with van der Waals surface area (Å²) in [5.74, 6) is -0.213. The Bertz CT molecular complexity index is 450. The monoisotopic (exact) mass is 253 g/mol. The number of Topliss-reactive ketones (excluding diaryl/α,β-unsaturated/α-hetero) is 1. The molecule has 6 heteroatoms. The standard InChI is InChI=1S/C11H15N3O2S/c1-7(15)9-10(17-8(2)13-9)11(16)14-5-3-12-4-6-14/h12H,3-6H2,1-2H3. The molecule has 2 rings (SSSR count). The molecule has 0 aliphatic carbocycles. The van der Waals surface area contributed by atoms with E-state index in [-0.39, 0.29) is 11.7 Å². The van der Waals surface area contributed by atoms with E-state index in [1.165, 1.54) is 18.3 Å². The molecule has 0 saturated carbocycles. The molecule has 17 heavy (non-hydrogen) atoms. The van der Waals surface area contributed by atoms with Crippen molar-refractivity contribution in [3.63, 3.8) is 0 Å². The summed E-state index contributed by atoms with van der Waals surface area (Å²) in [4.78, 5) is 30.1. The molecule has 2 heterocycles. The van der Waals surface area contributed by atoms with E-state index >= 15 is 0 Å². The first-order valence-electron chi connectivity index (χ1n) is 5.58. The largest absolute Gasteiger partial charge is 0.335 e. The third kappa shape index (κ3) is 2.53. The van der Waals surface area contributed by atoms with Crippen molar-refractivity contribution in [1.82, 2.24) is 15.2 Å². The number of piperazine rings is 1. The van der Waals surface area contributed by atoms with Gasteiger partial charge in [-0.1, -0.05) is 0 Å². The molecule has 1 N–H and O–H groups in total. The van der Waals surface area contributed by atoms with Crippen LogP contribution in [0.1, 0.15) is 32.1 Å². The fourth-order valence-electron chi connectivity index (χ4n) is 1.82. The minimum absolute atomic E-state index is 0.0673. The molecule has 0 radical (unpaired) electrons. The molecule has 1 aromatic heterocycles. The molecule has 1 fully saturated rings. The Hall–Kier alpha value is -1.27. The second-order valence-corrected chi connectivity index (χ2v) is 5.21. The van der Waals surface area contributed by atoms with Gasteiger partial charge in [-0.3, -0.25) is 9.59 Å². The van der Waals surface area contributed by atoms with Gasteiger partial charge < -0.3 is 10.2 Å². The van der Waals surface area contributed by atoms with Crippen molar-refractivity contribution in [2.24, 2.45) is 0 Å². The number of rotatable bonds is 2. The number of hydrogen-bond acceptors (Lipinski definition) is 5. The number of ketones is 1. The van der Waals surface area contributed by atoms with E-state index in [0.29, 0.717) is 23.7 Å². The molecule has 0 spiro atoms. The molecule has 0 unspecified atom stereocenters. The number of thiazole rings is 1. The summed E-state index contributed by atoms with van der Waals surface area (Å²) in [7, 11) is 0. The van der Waals surface area contributed by atoms with E-state index in [0.717, 1.165) is 18.1 Å². The third-order valence-corrected chi connectivity index (χ3v) is 3.62. The highest BCUT2D eigenvalue weighted by atomic mass is 32.1. The zero-order valence-electron chi connectivity index (χ0n) is 9.95. The molecule has 1 aromatic rings. The van der Waals surface area contributed by atoms with Crippen LogP contribution in [0.25, 0.3) is 0 Å². The number of nitrogens with one attached hydrogen (secondary N) is 1. The first-order chi connectivity index (χ1) is 8.09. The maximum Gasteiger partial charge on any atom is 0.266 e. The number of carbonyl (C=O) groups excluding carboxylic acids is 2. The van der Waals surface area contributed by atoms with Gasteiger partial charge in [0.25, 0.3) is 5.91 Å². The van der Waals surface area contributed by atoms with Crippen molar-refractivity contribution >= 4 is 23.0 Å². The second-order valence-electron chi connectivity index (χ2n) is 4.01. The van der Waals surface area contributed by atoms with Crippen molar-refractivity contribution in [1.29, 1.82) is 0 Å². The first kappa shape index (κ1) is 12.2. The maximum absolute atomic E-state index is 12.3. The van der Waals surface area contributed by atoms with Gasteiger partial charge in [-0.15, -0.1) is 11.3 Å². The summed E-state index contributed by atoms with van der Waals surface area (Å²) in [6.45, 7) is 6.24. The fourth-order valence-corrected chi connectivity index (χ4v) is 2.76. The van der Waals surface area contributed by atoms with Crippen LogP contribution >= 0.6 is 11.3 Å². The van der Waals surface area contributed by atoms with E-state index in [1.54, 1.807) is 4.90 Å². The van der Waals surface area contributed by atoms with Crippen LogP contribution < -0.4 is 5.32 Å². The first-order valence-corrected chi connectivity index (χ1v) is 6.39. The Morgan fingerprint density at radius 3 is 2.59 bits per heavy atom. The molecular formula is C11H15N3O2S. The van der Waals surface area contributed by atoms with Crippen LogP contribution in [0.3, 0.4) is 0 Å². The molecule has 0 bridgehead atoms. The molecule has 5 nitrogen and oxygen atoms in total. The number of carbonyl (C=O) groups is 2.